The molecule has 5 nitrogen and oxygen atoms in total. The predicted octanol–water partition coefficient (Wildman–Crippen LogP) is 2.54. The zero-order chi connectivity index (χ0) is 14.7. The molecule has 20 heavy (non-hydrogen) atoms. The summed E-state index contributed by atoms with van der Waals surface area (Å²) in [7, 11) is 1.49. The van der Waals surface area contributed by atoms with Gasteiger partial charge in [0.15, 0.2) is 0 Å². The average molecular weight is 272 g/mol. The highest BCUT2D eigenvalue weighted by molar-refractivity contribution is 6.06. The van der Waals surface area contributed by atoms with Gasteiger partial charge in [0.2, 0.25) is 0 Å². The van der Waals surface area contributed by atoms with Crippen molar-refractivity contribution < 1.29 is 14.6 Å². The SMILES string of the molecule is COc1ccc(O)c(C(=O)Nc2ccc(C)c(N)c2)c1. The van der Waals surface area contributed by atoms with Crippen LogP contribution < -0.4 is 15.8 Å². The van der Waals surface area contributed by atoms with Gasteiger partial charge in [-0.15, -0.1) is 0 Å². The Morgan fingerprint density at radius 2 is 2.00 bits per heavy atom. The third-order valence-corrected chi connectivity index (χ3v) is 2.99. The second kappa shape index (κ2) is 5.52. The number of anilines is 2. The van der Waals surface area contributed by atoms with E-state index in [0.717, 1.165) is 5.56 Å². The number of benzene rings is 2. The number of nitrogens with one attached hydrogen (secondary N) is 1. The molecule has 0 fully saturated rings. The highest BCUT2D eigenvalue weighted by atomic mass is 16.5. The standard InChI is InChI=1S/C15H16N2O3/c1-9-3-4-10(7-13(9)16)17-15(19)12-8-11(20-2)5-6-14(12)18/h3-8,18H,16H2,1-2H3,(H,17,19). The van der Waals surface area contributed by atoms with Gasteiger partial charge in [-0.25, -0.2) is 0 Å². The highest BCUT2D eigenvalue weighted by Gasteiger charge is 2.13. The molecule has 0 heterocycles. The minimum Gasteiger partial charge on any atom is -0.507 e. The van der Waals surface area contributed by atoms with Gasteiger partial charge in [-0.1, -0.05) is 6.07 Å². The normalized spacial score (nSPS) is 10.1. The third kappa shape index (κ3) is 2.83. The Kier molecular flexibility index (Phi) is 3.79. The molecule has 2 aromatic rings. The van der Waals surface area contributed by atoms with Crippen LogP contribution in [0, 0.1) is 6.92 Å². The van der Waals surface area contributed by atoms with Gasteiger partial charge in [0, 0.05) is 11.4 Å². The minimum atomic E-state index is -0.426. The third-order valence-electron chi connectivity index (χ3n) is 2.99. The number of aryl methyl sites for hydroxylation is 1. The first-order valence-electron chi connectivity index (χ1n) is 6.05. The molecule has 0 bridgehead atoms. The van der Waals surface area contributed by atoms with Crippen molar-refractivity contribution in [3.63, 3.8) is 0 Å². The van der Waals surface area contributed by atoms with Crippen molar-refractivity contribution in [2.75, 3.05) is 18.2 Å². The molecule has 0 atom stereocenters. The maximum absolute atomic E-state index is 12.1. The molecule has 0 saturated heterocycles. The van der Waals surface area contributed by atoms with Crippen LogP contribution in [0.5, 0.6) is 11.5 Å². The van der Waals surface area contributed by atoms with Crippen LogP contribution >= 0.6 is 0 Å². The lowest BCUT2D eigenvalue weighted by atomic mass is 10.1. The van der Waals surface area contributed by atoms with Crippen LogP contribution in [0.25, 0.3) is 0 Å². The largest absolute Gasteiger partial charge is 0.507 e. The Bertz CT molecular complexity index is 654. The van der Waals surface area contributed by atoms with Gasteiger partial charge >= 0.3 is 0 Å². The number of phenols is 1. The molecule has 1 amide bonds. The molecule has 0 saturated carbocycles. The fourth-order valence-electron chi connectivity index (χ4n) is 1.74. The Morgan fingerprint density at radius 3 is 2.65 bits per heavy atom. The summed E-state index contributed by atoms with van der Waals surface area (Å²) in [5.41, 5.74) is 8.03. The van der Waals surface area contributed by atoms with Crippen molar-refractivity contribution in [2.45, 2.75) is 6.92 Å². The first-order chi connectivity index (χ1) is 9.51. The molecule has 5 heteroatoms. The number of carbonyl (C=O) groups is 1. The molecule has 2 aromatic carbocycles. The number of phenolic OH excluding ortho intramolecular Hbond substituents is 1. The second-order valence-corrected chi connectivity index (χ2v) is 4.41. The van der Waals surface area contributed by atoms with Crippen molar-refractivity contribution in [3.8, 4) is 11.5 Å². The minimum absolute atomic E-state index is 0.108. The number of hydrogen-bond donors (Lipinski definition) is 3. The van der Waals surface area contributed by atoms with Crippen molar-refractivity contribution >= 4 is 17.3 Å². The first kappa shape index (κ1) is 13.7. The lowest BCUT2D eigenvalue weighted by molar-refractivity contribution is 0.102. The summed E-state index contributed by atoms with van der Waals surface area (Å²) in [5, 5.41) is 12.4. The number of nitrogen functional groups attached to an aromatic ring is 1. The second-order valence-electron chi connectivity index (χ2n) is 4.41. The smallest absolute Gasteiger partial charge is 0.259 e. The zero-order valence-electron chi connectivity index (χ0n) is 11.3. The molecule has 0 aliphatic heterocycles. The van der Waals surface area contributed by atoms with Crippen LogP contribution in [0.2, 0.25) is 0 Å². The van der Waals surface area contributed by atoms with Crippen LogP contribution in [0.15, 0.2) is 36.4 Å². The molecular formula is C15H16N2O3. The number of ether oxygens (including phenoxy) is 1. The Hall–Kier alpha value is -2.69. The topological polar surface area (TPSA) is 84.6 Å². The average Bonchev–Trinajstić information content (AvgIpc) is 2.43. The summed E-state index contributed by atoms with van der Waals surface area (Å²) in [6.45, 7) is 1.88. The molecule has 0 radical (unpaired) electrons. The number of rotatable bonds is 3. The monoisotopic (exact) mass is 272 g/mol. The van der Waals surface area contributed by atoms with Crippen LogP contribution in [-0.2, 0) is 0 Å². The molecule has 104 valence electrons. The summed E-state index contributed by atoms with van der Waals surface area (Å²) in [4.78, 5) is 12.1. The van der Waals surface area contributed by atoms with Crippen molar-refractivity contribution in [1.82, 2.24) is 0 Å². The predicted molar refractivity (Wildman–Crippen MR) is 78.2 cm³/mol. The van der Waals surface area contributed by atoms with E-state index in [1.807, 2.05) is 13.0 Å². The van der Waals surface area contributed by atoms with Crippen molar-refractivity contribution in [3.05, 3.63) is 47.5 Å². The van der Waals surface area contributed by atoms with Gasteiger partial charge in [0.25, 0.3) is 5.91 Å². The van der Waals surface area contributed by atoms with Crippen LogP contribution in [-0.4, -0.2) is 18.1 Å². The summed E-state index contributed by atoms with van der Waals surface area (Å²) >= 11 is 0. The lowest BCUT2D eigenvalue weighted by Gasteiger charge is -2.09. The summed E-state index contributed by atoms with van der Waals surface area (Å²) in [6.07, 6.45) is 0. The fraction of sp³-hybridized carbons (Fsp3) is 0.133. The quantitative estimate of drug-likeness (QED) is 0.750. The first-order valence-corrected chi connectivity index (χ1v) is 6.05. The molecule has 0 aromatic heterocycles. The summed E-state index contributed by atoms with van der Waals surface area (Å²) in [6, 6.07) is 9.71. The van der Waals surface area contributed by atoms with E-state index in [0.29, 0.717) is 17.1 Å². The Labute approximate surface area is 117 Å². The van der Waals surface area contributed by atoms with E-state index in [4.69, 9.17) is 10.5 Å². The number of aromatic hydroxyl groups is 1. The summed E-state index contributed by atoms with van der Waals surface area (Å²) < 4.78 is 5.03. The number of amides is 1. The lowest BCUT2D eigenvalue weighted by Crippen LogP contribution is -2.12. The molecular weight excluding hydrogens is 256 g/mol. The van der Waals surface area contributed by atoms with Crippen LogP contribution in [0.1, 0.15) is 15.9 Å². The molecule has 0 aliphatic carbocycles. The number of nitrogens with two attached hydrogens (primary N) is 1. The number of hydrogen-bond acceptors (Lipinski definition) is 4. The molecule has 0 spiro atoms. The van der Waals surface area contributed by atoms with Crippen molar-refractivity contribution in [2.24, 2.45) is 0 Å². The van der Waals surface area contributed by atoms with Crippen LogP contribution in [0.4, 0.5) is 11.4 Å². The molecule has 2 rings (SSSR count). The maximum atomic E-state index is 12.1. The van der Waals surface area contributed by atoms with E-state index in [1.165, 1.54) is 19.2 Å². The summed E-state index contributed by atoms with van der Waals surface area (Å²) in [5.74, 6) is -0.0376. The fourth-order valence-corrected chi connectivity index (χ4v) is 1.74. The zero-order valence-corrected chi connectivity index (χ0v) is 11.3. The maximum Gasteiger partial charge on any atom is 0.259 e. The van der Waals surface area contributed by atoms with E-state index in [9.17, 15) is 9.90 Å². The van der Waals surface area contributed by atoms with Gasteiger partial charge in [0.1, 0.15) is 11.5 Å². The Balaban J connectivity index is 2.25. The van der Waals surface area contributed by atoms with E-state index in [2.05, 4.69) is 5.32 Å². The molecule has 4 N–H and O–H groups in total. The van der Waals surface area contributed by atoms with Gasteiger partial charge < -0.3 is 20.9 Å². The Morgan fingerprint density at radius 1 is 1.25 bits per heavy atom. The highest BCUT2D eigenvalue weighted by Crippen LogP contribution is 2.24. The van der Waals surface area contributed by atoms with Gasteiger partial charge in [-0.3, -0.25) is 4.79 Å². The van der Waals surface area contributed by atoms with E-state index >= 15 is 0 Å². The van der Waals surface area contributed by atoms with E-state index < -0.39 is 5.91 Å². The number of carbonyl (C=O) groups excluding carboxylic acids is 1. The van der Waals surface area contributed by atoms with Crippen molar-refractivity contribution in [1.29, 1.82) is 0 Å². The molecule has 0 unspecified atom stereocenters. The van der Waals surface area contributed by atoms with Gasteiger partial charge in [0.05, 0.1) is 12.7 Å². The van der Waals surface area contributed by atoms with Gasteiger partial charge in [-0.05, 0) is 42.8 Å². The van der Waals surface area contributed by atoms with E-state index in [-0.39, 0.29) is 11.3 Å². The van der Waals surface area contributed by atoms with Crippen LogP contribution in [0.3, 0.4) is 0 Å². The number of methoxy groups -OCH3 is 1. The van der Waals surface area contributed by atoms with Gasteiger partial charge in [-0.2, -0.15) is 0 Å². The van der Waals surface area contributed by atoms with E-state index in [1.54, 1.807) is 18.2 Å². The molecule has 0 aliphatic rings.